The molecule has 0 radical (unpaired) electrons. The summed E-state index contributed by atoms with van der Waals surface area (Å²) >= 11 is 6.20. The number of ketones is 1. The van der Waals surface area contributed by atoms with Crippen LogP contribution in [0.3, 0.4) is 0 Å². The van der Waals surface area contributed by atoms with Crippen LogP contribution in [0.1, 0.15) is 92.9 Å². The van der Waals surface area contributed by atoms with Crippen LogP contribution in [-0.2, 0) is 48.0 Å². The number of hydrogen-bond donors (Lipinski definition) is 0. The van der Waals surface area contributed by atoms with E-state index in [1.807, 2.05) is 37.3 Å². The smallest absolute Gasteiger partial charge is 0.410 e. The van der Waals surface area contributed by atoms with Gasteiger partial charge in [0, 0.05) is 49.5 Å². The molecule has 5 rings (SSSR count). The van der Waals surface area contributed by atoms with Gasteiger partial charge in [0.25, 0.3) is 11.8 Å². The van der Waals surface area contributed by atoms with Gasteiger partial charge in [0.2, 0.25) is 5.91 Å². The Balaban J connectivity index is 0.00000541. The Kier molecular flexibility index (Phi) is 11.9. The quantitative estimate of drug-likeness (QED) is 0.243. The molecular formula is C37H46ClN3O8. The zero-order valence-corrected chi connectivity index (χ0v) is 28.6. The summed E-state index contributed by atoms with van der Waals surface area (Å²) in [7, 11) is 0. The number of halogens is 1. The largest absolute Gasteiger partial charge is 0.444 e. The lowest BCUT2D eigenvalue weighted by atomic mass is 9.97. The van der Waals surface area contributed by atoms with Crippen molar-refractivity contribution in [2.24, 2.45) is 5.92 Å². The summed E-state index contributed by atoms with van der Waals surface area (Å²) in [6, 6.07) is 10.2. The Morgan fingerprint density at radius 2 is 1.65 bits per heavy atom. The zero-order valence-electron chi connectivity index (χ0n) is 27.9. The Labute approximate surface area is 292 Å². The second kappa shape index (κ2) is 15.5. The molecule has 0 bridgehead atoms. The number of rotatable bonds is 9. The van der Waals surface area contributed by atoms with Crippen LogP contribution in [0.2, 0.25) is 5.02 Å². The topological polar surface area (TPSA) is 131 Å². The number of Topliss-reactive ketones (excluding diaryl/α,β-unsaturated/α-hetero) is 1. The Hall–Kier alpha value is -4.25. The van der Waals surface area contributed by atoms with Crippen LogP contribution >= 0.6 is 11.6 Å². The lowest BCUT2D eigenvalue weighted by Crippen LogP contribution is -2.55. The number of esters is 1. The number of nitrogens with zero attached hydrogens (tertiary/aromatic N) is 3. The van der Waals surface area contributed by atoms with E-state index in [0.29, 0.717) is 55.8 Å². The first kappa shape index (κ1) is 37.6. The van der Waals surface area contributed by atoms with E-state index in [1.165, 1.54) is 4.90 Å². The summed E-state index contributed by atoms with van der Waals surface area (Å²) in [6.45, 7) is 7.61. The van der Waals surface area contributed by atoms with Gasteiger partial charge < -0.3 is 19.3 Å². The third kappa shape index (κ3) is 9.06. The number of fused-ring (bicyclic) bond motifs is 1. The number of piperidine rings is 2. The van der Waals surface area contributed by atoms with Crippen LogP contribution in [0.15, 0.2) is 36.4 Å². The van der Waals surface area contributed by atoms with Gasteiger partial charge >= 0.3 is 12.1 Å². The molecule has 0 aromatic heterocycles. The van der Waals surface area contributed by atoms with E-state index in [9.17, 15) is 28.8 Å². The lowest BCUT2D eigenvalue weighted by molar-refractivity contribution is -0.167. The van der Waals surface area contributed by atoms with Gasteiger partial charge in [-0.05, 0) is 87.8 Å². The van der Waals surface area contributed by atoms with Crippen molar-refractivity contribution in [3.63, 3.8) is 0 Å². The fourth-order valence-corrected chi connectivity index (χ4v) is 6.47. The summed E-state index contributed by atoms with van der Waals surface area (Å²) in [6.07, 6.45) is 1.66. The van der Waals surface area contributed by atoms with E-state index in [0.717, 1.165) is 27.2 Å². The minimum atomic E-state index is -0.871. The molecule has 3 aliphatic heterocycles. The van der Waals surface area contributed by atoms with E-state index in [2.05, 4.69) is 0 Å². The molecule has 264 valence electrons. The lowest BCUT2D eigenvalue weighted by Gasteiger charge is -2.35. The molecular weight excluding hydrogens is 650 g/mol. The maximum atomic E-state index is 13.5. The predicted molar refractivity (Wildman–Crippen MR) is 183 cm³/mol. The highest BCUT2D eigenvalue weighted by Gasteiger charge is 2.43. The van der Waals surface area contributed by atoms with Gasteiger partial charge in [-0.2, -0.15) is 0 Å². The summed E-state index contributed by atoms with van der Waals surface area (Å²) in [4.78, 5) is 81.4. The summed E-state index contributed by atoms with van der Waals surface area (Å²) in [5.74, 6) is -2.28. The molecule has 2 aromatic rings. The number of amides is 4. The molecule has 1 atom stereocenters. The highest BCUT2D eigenvalue weighted by atomic mass is 35.5. The highest BCUT2D eigenvalue weighted by molar-refractivity contribution is 6.31. The maximum absolute atomic E-state index is 13.5. The number of carbonyl (C=O) groups is 6. The Morgan fingerprint density at radius 1 is 0.959 bits per heavy atom. The Bertz CT molecular complexity index is 1630. The molecule has 0 spiro atoms. The number of likely N-dealkylation sites (tertiary alicyclic amines) is 2. The van der Waals surface area contributed by atoms with E-state index in [4.69, 9.17) is 21.1 Å². The molecule has 2 aromatic carbocycles. The summed E-state index contributed by atoms with van der Waals surface area (Å²) < 4.78 is 10.8. The number of aryl methyl sites for hydroxylation is 2. The SMILES string of the molecule is C.Cc1ccc(CC(=O)CCc2ccc3c(c2)CN(C2CCC(=O)N(COC(=O)C4CCN(C(=O)OC(C)(C)C)CC4)C2=O)C3=O)cc1Cl. The fourth-order valence-electron chi connectivity index (χ4n) is 6.27. The van der Waals surface area contributed by atoms with Crippen molar-refractivity contribution in [3.05, 3.63) is 69.2 Å². The van der Waals surface area contributed by atoms with Gasteiger partial charge in [-0.25, -0.2) is 9.69 Å². The van der Waals surface area contributed by atoms with Crippen LogP contribution in [0.4, 0.5) is 4.79 Å². The van der Waals surface area contributed by atoms with Gasteiger partial charge in [0.05, 0.1) is 5.92 Å². The number of benzene rings is 2. The Morgan fingerprint density at radius 3 is 2.33 bits per heavy atom. The first-order valence-electron chi connectivity index (χ1n) is 16.4. The summed E-state index contributed by atoms with van der Waals surface area (Å²) in [5, 5.41) is 0.632. The van der Waals surface area contributed by atoms with E-state index >= 15 is 0 Å². The van der Waals surface area contributed by atoms with Crippen LogP contribution in [-0.4, -0.2) is 81.7 Å². The van der Waals surface area contributed by atoms with Crippen molar-refractivity contribution < 1.29 is 38.2 Å². The van der Waals surface area contributed by atoms with Crippen molar-refractivity contribution in [3.8, 4) is 0 Å². The number of hydrogen-bond acceptors (Lipinski definition) is 8. The molecule has 3 heterocycles. The van der Waals surface area contributed by atoms with E-state index < -0.39 is 48.2 Å². The molecule has 4 amide bonds. The predicted octanol–water partition coefficient (Wildman–Crippen LogP) is 5.65. The van der Waals surface area contributed by atoms with Crippen LogP contribution in [0.25, 0.3) is 0 Å². The fraction of sp³-hybridized carbons (Fsp3) is 0.514. The van der Waals surface area contributed by atoms with Crippen LogP contribution in [0.5, 0.6) is 0 Å². The minimum absolute atomic E-state index is 0. The van der Waals surface area contributed by atoms with Crippen molar-refractivity contribution in [2.45, 2.75) is 98.3 Å². The molecule has 0 saturated carbocycles. The highest BCUT2D eigenvalue weighted by Crippen LogP contribution is 2.30. The van der Waals surface area contributed by atoms with Crippen molar-refractivity contribution in [2.75, 3.05) is 19.8 Å². The molecule has 1 unspecified atom stereocenters. The maximum Gasteiger partial charge on any atom is 0.410 e. The van der Waals surface area contributed by atoms with Crippen molar-refractivity contribution in [1.82, 2.24) is 14.7 Å². The molecule has 2 saturated heterocycles. The van der Waals surface area contributed by atoms with Gasteiger partial charge in [0.1, 0.15) is 17.4 Å². The van der Waals surface area contributed by atoms with E-state index in [-0.39, 0.29) is 38.5 Å². The van der Waals surface area contributed by atoms with Gasteiger partial charge in [-0.1, -0.05) is 43.3 Å². The minimum Gasteiger partial charge on any atom is -0.444 e. The number of imide groups is 1. The monoisotopic (exact) mass is 695 g/mol. The molecule has 2 fully saturated rings. The average Bonchev–Trinajstić information content (AvgIpc) is 3.36. The third-order valence-corrected chi connectivity index (χ3v) is 9.41. The molecule has 49 heavy (non-hydrogen) atoms. The normalized spacial score (nSPS) is 18.3. The zero-order chi connectivity index (χ0) is 34.7. The molecule has 0 N–H and O–H groups in total. The van der Waals surface area contributed by atoms with Gasteiger partial charge in [0.15, 0.2) is 6.73 Å². The van der Waals surface area contributed by atoms with Crippen molar-refractivity contribution in [1.29, 1.82) is 0 Å². The second-order valence-electron chi connectivity index (χ2n) is 13.8. The van der Waals surface area contributed by atoms with Gasteiger partial charge in [-0.15, -0.1) is 0 Å². The van der Waals surface area contributed by atoms with E-state index in [1.54, 1.807) is 31.7 Å². The average molecular weight is 696 g/mol. The molecule has 11 nitrogen and oxygen atoms in total. The third-order valence-electron chi connectivity index (χ3n) is 9.01. The molecule has 12 heteroatoms. The second-order valence-corrected chi connectivity index (χ2v) is 14.2. The van der Waals surface area contributed by atoms with Crippen LogP contribution < -0.4 is 0 Å². The number of ether oxygens (including phenoxy) is 2. The van der Waals surface area contributed by atoms with Crippen LogP contribution in [0, 0.1) is 12.8 Å². The van der Waals surface area contributed by atoms with Gasteiger partial charge in [-0.3, -0.25) is 24.0 Å². The number of carbonyl (C=O) groups excluding carboxylic acids is 6. The first-order chi connectivity index (χ1) is 22.7. The van der Waals surface area contributed by atoms with Crippen molar-refractivity contribution >= 4 is 47.2 Å². The first-order valence-corrected chi connectivity index (χ1v) is 16.8. The standard InChI is InChI=1S/C36H42ClN3O8.CH4/c1-22-5-6-24(19-29(22)37)18-27(41)9-7-23-8-10-28-26(17-23)20-39(32(28)43)30-11-12-31(42)40(33(30)44)21-47-34(45)25-13-15-38(16-14-25)35(46)48-36(2,3)4;/h5-6,8,10,17,19,25,30H,7,9,11-16,18,20-21H2,1-4H3;1H4. The molecule has 0 aliphatic carbocycles. The molecule has 3 aliphatic rings. The summed E-state index contributed by atoms with van der Waals surface area (Å²) in [5.41, 5.74) is 3.36.